The van der Waals surface area contributed by atoms with E-state index in [0.29, 0.717) is 24.8 Å². The van der Waals surface area contributed by atoms with Crippen LogP contribution in [-0.4, -0.2) is 29.7 Å². The van der Waals surface area contributed by atoms with Crippen molar-refractivity contribution in [3.63, 3.8) is 0 Å². The molecule has 0 bridgehead atoms. The topological polar surface area (TPSA) is 78.4 Å². The number of nitrogens with one attached hydrogen (secondary N) is 2. The molecule has 0 aliphatic heterocycles. The minimum Gasteiger partial charge on any atom is -0.481 e. The Hall–Kier alpha value is -1.26. The van der Waals surface area contributed by atoms with Crippen LogP contribution in [0.2, 0.25) is 0 Å². The molecule has 0 aromatic heterocycles. The summed E-state index contributed by atoms with van der Waals surface area (Å²) in [6, 6.07) is 0.145. The Balaban J connectivity index is 2.06. The van der Waals surface area contributed by atoms with Gasteiger partial charge >= 0.3 is 12.0 Å². The van der Waals surface area contributed by atoms with Crippen molar-refractivity contribution in [2.45, 2.75) is 58.4 Å². The highest BCUT2D eigenvalue weighted by molar-refractivity contribution is 5.74. The summed E-state index contributed by atoms with van der Waals surface area (Å²) in [5.41, 5.74) is 0.333. The average molecular weight is 256 g/mol. The van der Waals surface area contributed by atoms with Crippen LogP contribution < -0.4 is 10.6 Å². The van der Waals surface area contributed by atoms with Gasteiger partial charge in [-0.1, -0.05) is 13.8 Å². The van der Waals surface area contributed by atoms with E-state index in [1.54, 1.807) is 0 Å². The monoisotopic (exact) mass is 256 g/mol. The van der Waals surface area contributed by atoms with Gasteiger partial charge in [-0.25, -0.2) is 4.79 Å². The number of urea groups is 1. The Labute approximate surface area is 108 Å². The fourth-order valence-electron chi connectivity index (χ4n) is 2.40. The van der Waals surface area contributed by atoms with E-state index in [0.717, 1.165) is 19.3 Å². The third-order valence-corrected chi connectivity index (χ3v) is 3.41. The molecule has 2 amide bonds. The van der Waals surface area contributed by atoms with Crippen LogP contribution in [0, 0.1) is 5.41 Å². The standard InChI is InChI=1S/C13H24N2O3/c1-13(2)7-6-10(9-13)15-12(18)14-8-4-3-5-11(16)17/h10H,3-9H2,1-2H3,(H,16,17)(H2,14,15,18). The molecule has 0 aromatic carbocycles. The quantitative estimate of drug-likeness (QED) is 0.637. The van der Waals surface area contributed by atoms with Gasteiger partial charge < -0.3 is 15.7 Å². The second kappa shape index (κ2) is 6.61. The lowest BCUT2D eigenvalue weighted by atomic mass is 9.92. The summed E-state index contributed by atoms with van der Waals surface area (Å²) >= 11 is 0. The molecule has 0 spiro atoms. The van der Waals surface area contributed by atoms with Gasteiger partial charge in [0, 0.05) is 19.0 Å². The molecule has 1 aliphatic carbocycles. The van der Waals surface area contributed by atoms with Crippen molar-refractivity contribution in [3.8, 4) is 0 Å². The van der Waals surface area contributed by atoms with Crippen molar-refractivity contribution in [1.82, 2.24) is 10.6 Å². The number of amides is 2. The van der Waals surface area contributed by atoms with Crippen molar-refractivity contribution < 1.29 is 14.7 Å². The van der Waals surface area contributed by atoms with Gasteiger partial charge in [0.25, 0.3) is 0 Å². The second-order valence-corrected chi connectivity index (χ2v) is 5.86. The highest BCUT2D eigenvalue weighted by Gasteiger charge is 2.31. The minimum absolute atomic E-state index is 0.131. The molecule has 0 aromatic rings. The van der Waals surface area contributed by atoms with Crippen molar-refractivity contribution in [3.05, 3.63) is 0 Å². The Kier molecular flexibility index (Phi) is 5.44. The third-order valence-electron chi connectivity index (χ3n) is 3.41. The van der Waals surface area contributed by atoms with Crippen LogP contribution >= 0.6 is 0 Å². The van der Waals surface area contributed by atoms with E-state index in [-0.39, 0.29) is 18.5 Å². The average Bonchev–Trinajstić information content (AvgIpc) is 2.57. The summed E-state index contributed by atoms with van der Waals surface area (Å²) in [5.74, 6) is -0.785. The number of hydrogen-bond donors (Lipinski definition) is 3. The van der Waals surface area contributed by atoms with Gasteiger partial charge in [-0.2, -0.15) is 0 Å². The fraction of sp³-hybridized carbons (Fsp3) is 0.846. The molecule has 5 nitrogen and oxygen atoms in total. The van der Waals surface area contributed by atoms with Gasteiger partial charge in [0.05, 0.1) is 0 Å². The van der Waals surface area contributed by atoms with Crippen molar-refractivity contribution >= 4 is 12.0 Å². The van der Waals surface area contributed by atoms with Crippen molar-refractivity contribution in [2.24, 2.45) is 5.41 Å². The van der Waals surface area contributed by atoms with Gasteiger partial charge in [-0.15, -0.1) is 0 Å². The number of unbranched alkanes of at least 4 members (excludes halogenated alkanes) is 1. The number of rotatable bonds is 6. The summed E-state index contributed by atoms with van der Waals surface area (Å²) in [6.45, 7) is 4.98. The number of carboxylic acid groups (broad SMARTS) is 1. The zero-order chi connectivity index (χ0) is 13.6. The lowest BCUT2D eigenvalue weighted by molar-refractivity contribution is -0.137. The smallest absolute Gasteiger partial charge is 0.315 e. The molecule has 104 valence electrons. The molecule has 0 saturated heterocycles. The molecule has 1 rings (SSSR count). The molecule has 1 unspecified atom stereocenters. The zero-order valence-electron chi connectivity index (χ0n) is 11.3. The van der Waals surface area contributed by atoms with Gasteiger partial charge in [0.15, 0.2) is 0 Å². The van der Waals surface area contributed by atoms with Gasteiger partial charge in [-0.05, 0) is 37.5 Å². The maximum atomic E-state index is 11.6. The van der Waals surface area contributed by atoms with E-state index >= 15 is 0 Å². The first-order chi connectivity index (χ1) is 8.39. The molecule has 3 N–H and O–H groups in total. The third kappa shape index (κ3) is 5.89. The fourth-order valence-corrected chi connectivity index (χ4v) is 2.40. The summed E-state index contributed by atoms with van der Waals surface area (Å²) < 4.78 is 0. The van der Waals surface area contributed by atoms with Crippen LogP contribution in [0.15, 0.2) is 0 Å². The van der Waals surface area contributed by atoms with Crippen LogP contribution in [0.3, 0.4) is 0 Å². The first kappa shape index (κ1) is 14.8. The number of carboxylic acids is 1. The predicted molar refractivity (Wildman–Crippen MR) is 69.4 cm³/mol. The molecular formula is C13H24N2O3. The predicted octanol–water partition coefficient (Wildman–Crippen LogP) is 2.12. The van der Waals surface area contributed by atoms with Crippen LogP contribution in [0.4, 0.5) is 4.79 Å². The molecule has 5 heteroatoms. The first-order valence-corrected chi connectivity index (χ1v) is 6.65. The Morgan fingerprint density at radius 1 is 1.33 bits per heavy atom. The van der Waals surface area contributed by atoms with E-state index in [1.165, 1.54) is 0 Å². The first-order valence-electron chi connectivity index (χ1n) is 6.65. The van der Waals surface area contributed by atoms with Crippen LogP contribution in [0.1, 0.15) is 52.4 Å². The molecular weight excluding hydrogens is 232 g/mol. The Bertz CT molecular complexity index is 303. The van der Waals surface area contributed by atoms with E-state index < -0.39 is 5.97 Å². The number of hydrogen-bond acceptors (Lipinski definition) is 2. The van der Waals surface area contributed by atoms with Crippen molar-refractivity contribution in [2.75, 3.05) is 6.54 Å². The number of aliphatic carboxylic acids is 1. The van der Waals surface area contributed by atoms with E-state index in [9.17, 15) is 9.59 Å². The van der Waals surface area contributed by atoms with Gasteiger partial charge in [-0.3, -0.25) is 4.79 Å². The van der Waals surface area contributed by atoms with Crippen LogP contribution in [0.25, 0.3) is 0 Å². The summed E-state index contributed by atoms with van der Waals surface area (Å²) in [6.07, 6.45) is 4.69. The Morgan fingerprint density at radius 3 is 2.61 bits per heavy atom. The summed E-state index contributed by atoms with van der Waals surface area (Å²) in [4.78, 5) is 21.9. The van der Waals surface area contributed by atoms with Crippen molar-refractivity contribution in [1.29, 1.82) is 0 Å². The molecule has 18 heavy (non-hydrogen) atoms. The van der Waals surface area contributed by atoms with E-state index in [4.69, 9.17) is 5.11 Å². The van der Waals surface area contributed by atoms with E-state index in [1.807, 2.05) is 0 Å². The highest BCUT2D eigenvalue weighted by Crippen LogP contribution is 2.36. The maximum absolute atomic E-state index is 11.6. The maximum Gasteiger partial charge on any atom is 0.315 e. The summed E-state index contributed by atoms with van der Waals surface area (Å²) in [5, 5.41) is 14.2. The molecule has 1 atom stereocenters. The minimum atomic E-state index is -0.785. The zero-order valence-corrected chi connectivity index (χ0v) is 11.3. The molecule has 1 saturated carbocycles. The van der Waals surface area contributed by atoms with E-state index in [2.05, 4.69) is 24.5 Å². The largest absolute Gasteiger partial charge is 0.481 e. The lowest BCUT2D eigenvalue weighted by Crippen LogP contribution is -2.41. The van der Waals surface area contributed by atoms with Crippen LogP contribution in [-0.2, 0) is 4.79 Å². The normalized spacial score (nSPS) is 21.6. The molecule has 0 heterocycles. The molecule has 0 radical (unpaired) electrons. The Morgan fingerprint density at radius 2 is 2.06 bits per heavy atom. The lowest BCUT2D eigenvalue weighted by Gasteiger charge is -2.18. The highest BCUT2D eigenvalue weighted by atomic mass is 16.4. The summed E-state index contributed by atoms with van der Waals surface area (Å²) in [7, 11) is 0. The number of carbonyl (C=O) groups excluding carboxylic acids is 1. The second-order valence-electron chi connectivity index (χ2n) is 5.86. The van der Waals surface area contributed by atoms with Gasteiger partial charge in [0.2, 0.25) is 0 Å². The SMILES string of the molecule is CC1(C)CCC(NC(=O)NCCCCC(=O)O)C1. The number of carbonyl (C=O) groups is 2. The van der Waals surface area contributed by atoms with Gasteiger partial charge in [0.1, 0.15) is 0 Å². The molecule has 1 aliphatic rings. The van der Waals surface area contributed by atoms with Crippen LogP contribution in [0.5, 0.6) is 0 Å². The molecule has 1 fully saturated rings.